The van der Waals surface area contributed by atoms with E-state index in [0.29, 0.717) is 6.54 Å². The van der Waals surface area contributed by atoms with Crippen LogP contribution in [0.2, 0.25) is 0 Å². The van der Waals surface area contributed by atoms with Gasteiger partial charge in [-0.1, -0.05) is 0 Å². The summed E-state index contributed by atoms with van der Waals surface area (Å²) in [5, 5.41) is 8.87. The van der Waals surface area contributed by atoms with Crippen LogP contribution in [0.5, 0.6) is 0 Å². The maximum atomic E-state index is 10.8. The molecule has 1 N–H and O–H groups in total. The number of likely N-dealkylation sites (tertiary alicyclic amines) is 1. The molecule has 1 unspecified atom stereocenters. The van der Waals surface area contributed by atoms with Crippen molar-refractivity contribution in [3.05, 3.63) is 18.7 Å². The van der Waals surface area contributed by atoms with Gasteiger partial charge in [-0.15, -0.1) is 0 Å². The number of nitrogens with zero attached hydrogens (tertiary/aromatic N) is 3. The van der Waals surface area contributed by atoms with E-state index in [2.05, 4.69) is 9.88 Å². The van der Waals surface area contributed by atoms with Crippen LogP contribution in [-0.4, -0.2) is 45.2 Å². The molecule has 1 fully saturated rings. The normalized spacial score (nSPS) is 21.4. The Balaban J connectivity index is 1.66. The third-order valence-corrected chi connectivity index (χ3v) is 3.07. The fourth-order valence-electron chi connectivity index (χ4n) is 2.13. The highest BCUT2D eigenvalue weighted by Gasteiger charge is 2.27. The van der Waals surface area contributed by atoms with Crippen molar-refractivity contribution < 1.29 is 9.90 Å². The summed E-state index contributed by atoms with van der Waals surface area (Å²) in [7, 11) is 0. The molecule has 88 valence electrons. The van der Waals surface area contributed by atoms with Gasteiger partial charge in [-0.25, -0.2) is 4.98 Å². The van der Waals surface area contributed by atoms with Gasteiger partial charge in [0.15, 0.2) is 0 Å². The van der Waals surface area contributed by atoms with Gasteiger partial charge in [0.2, 0.25) is 0 Å². The van der Waals surface area contributed by atoms with Crippen molar-refractivity contribution in [2.45, 2.75) is 19.4 Å². The van der Waals surface area contributed by atoms with Crippen molar-refractivity contribution in [1.29, 1.82) is 0 Å². The molecule has 0 radical (unpaired) electrons. The standard InChI is InChI=1S/C11H17N3O2/c15-11(16)10-2-6-13(8-10)4-1-5-14-7-3-12-9-14/h3,7,9-10H,1-2,4-6,8H2,(H,15,16). The highest BCUT2D eigenvalue weighted by molar-refractivity contribution is 5.70. The minimum atomic E-state index is -0.655. The van der Waals surface area contributed by atoms with Gasteiger partial charge in [-0.2, -0.15) is 0 Å². The van der Waals surface area contributed by atoms with Crippen molar-refractivity contribution in [3.8, 4) is 0 Å². The number of hydrogen-bond acceptors (Lipinski definition) is 3. The summed E-state index contributed by atoms with van der Waals surface area (Å²) in [6, 6.07) is 0. The van der Waals surface area contributed by atoms with E-state index in [9.17, 15) is 4.79 Å². The van der Waals surface area contributed by atoms with Crippen molar-refractivity contribution in [2.24, 2.45) is 5.92 Å². The van der Waals surface area contributed by atoms with E-state index in [-0.39, 0.29) is 5.92 Å². The number of hydrogen-bond donors (Lipinski definition) is 1. The lowest BCUT2D eigenvalue weighted by molar-refractivity contribution is -0.141. The van der Waals surface area contributed by atoms with Gasteiger partial charge in [-0.05, 0) is 25.9 Å². The molecule has 1 saturated heterocycles. The second-order valence-corrected chi connectivity index (χ2v) is 4.28. The fraction of sp³-hybridized carbons (Fsp3) is 0.636. The molecule has 0 bridgehead atoms. The first-order chi connectivity index (χ1) is 7.75. The second kappa shape index (κ2) is 5.12. The number of carboxylic acid groups (broad SMARTS) is 1. The quantitative estimate of drug-likeness (QED) is 0.797. The van der Waals surface area contributed by atoms with Crippen LogP contribution in [0.4, 0.5) is 0 Å². The lowest BCUT2D eigenvalue weighted by atomic mass is 10.1. The van der Waals surface area contributed by atoms with E-state index >= 15 is 0 Å². The van der Waals surface area contributed by atoms with Crippen molar-refractivity contribution in [1.82, 2.24) is 14.5 Å². The molecule has 1 aromatic heterocycles. The van der Waals surface area contributed by atoms with Crippen molar-refractivity contribution in [2.75, 3.05) is 19.6 Å². The van der Waals surface area contributed by atoms with Gasteiger partial charge in [0.1, 0.15) is 0 Å². The molecule has 16 heavy (non-hydrogen) atoms. The zero-order chi connectivity index (χ0) is 11.4. The van der Waals surface area contributed by atoms with Crippen LogP contribution in [0, 0.1) is 5.92 Å². The maximum Gasteiger partial charge on any atom is 0.307 e. The lowest BCUT2D eigenvalue weighted by Crippen LogP contribution is -2.24. The van der Waals surface area contributed by atoms with E-state index < -0.39 is 5.97 Å². The Morgan fingerprint density at radius 2 is 2.38 bits per heavy atom. The lowest BCUT2D eigenvalue weighted by Gasteiger charge is -2.14. The minimum Gasteiger partial charge on any atom is -0.481 e. The van der Waals surface area contributed by atoms with Gasteiger partial charge in [-0.3, -0.25) is 4.79 Å². The van der Waals surface area contributed by atoms with Crippen molar-refractivity contribution >= 4 is 5.97 Å². The number of carboxylic acids is 1. The third kappa shape index (κ3) is 2.82. The third-order valence-electron chi connectivity index (χ3n) is 3.07. The van der Waals surface area contributed by atoms with E-state index in [1.54, 1.807) is 6.20 Å². The van der Waals surface area contributed by atoms with Gasteiger partial charge < -0.3 is 14.6 Å². The Morgan fingerprint density at radius 1 is 1.50 bits per heavy atom. The Bertz CT molecular complexity index is 337. The summed E-state index contributed by atoms with van der Waals surface area (Å²) in [4.78, 5) is 17.0. The Hall–Kier alpha value is -1.36. The highest BCUT2D eigenvalue weighted by Crippen LogP contribution is 2.16. The van der Waals surface area contributed by atoms with Gasteiger partial charge >= 0.3 is 5.97 Å². The van der Waals surface area contributed by atoms with E-state index in [0.717, 1.165) is 32.5 Å². The Kier molecular flexibility index (Phi) is 3.56. The van der Waals surface area contributed by atoms with Gasteiger partial charge in [0, 0.05) is 25.5 Å². The van der Waals surface area contributed by atoms with Crippen LogP contribution in [0.15, 0.2) is 18.7 Å². The summed E-state index contributed by atoms with van der Waals surface area (Å²) >= 11 is 0. The van der Waals surface area contributed by atoms with Crippen LogP contribution >= 0.6 is 0 Å². The molecule has 5 heteroatoms. The minimum absolute atomic E-state index is 0.159. The largest absolute Gasteiger partial charge is 0.481 e. The zero-order valence-electron chi connectivity index (χ0n) is 9.25. The summed E-state index contributed by atoms with van der Waals surface area (Å²) in [5.41, 5.74) is 0. The molecular weight excluding hydrogens is 206 g/mol. The molecule has 0 saturated carbocycles. The first kappa shape index (κ1) is 11.1. The number of aromatic nitrogens is 2. The number of aliphatic carboxylic acids is 1. The number of rotatable bonds is 5. The molecule has 0 aromatic carbocycles. The molecule has 2 rings (SSSR count). The smallest absolute Gasteiger partial charge is 0.307 e. The van der Waals surface area contributed by atoms with Crippen LogP contribution in [-0.2, 0) is 11.3 Å². The first-order valence-corrected chi connectivity index (χ1v) is 5.66. The summed E-state index contributed by atoms with van der Waals surface area (Å²) in [6.07, 6.45) is 7.37. The predicted octanol–water partition coefficient (Wildman–Crippen LogP) is 0.680. The average molecular weight is 223 g/mol. The summed E-state index contributed by atoms with van der Waals surface area (Å²) < 4.78 is 2.05. The summed E-state index contributed by atoms with van der Waals surface area (Å²) in [5.74, 6) is -0.814. The Labute approximate surface area is 94.7 Å². The average Bonchev–Trinajstić information content (AvgIpc) is 2.87. The maximum absolute atomic E-state index is 10.8. The molecule has 0 spiro atoms. The number of carbonyl (C=O) groups is 1. The van der Waals surface area contributed by atoms with Gasteiger partial charge in [0.25, 0.3) is 0 Å². The molecule has 1 aliphatic heterocycles. The van der Waals surface area contributed by atoms with Crippen LogP contribution in [0.3, 0.4) is 0 Å². The van der Waals surface area contributed by atoms with E-state index in [4.69, 9.17) is 5.11 Å². The summed E-state index contributed by atoms with van der Waals surface area (Å²) in [6.45, 7) is 3.55. The van der Waals surface area contributed by atoms with E-state index in [1.165, 1.54) is 0 Å². The molecule has 0 amide bonds. The molecule has 2 heterocycles. The fourth-order valence-corrected chi connectivity index (χ4v) is 2.13. The zero-order valence-corrected chi connectivity index (χ0v) is 9.25. The predicted molar refractivity (Wildman–Crippen MR) is 59.0 cm³/mol. The monoisotopic (exact) mass is 223 g/mol. The first-order valence-electron chi connectivity index (χ1n) is 5.66. The van der Waals surface area contributed by atoms with Crippen molar-refractivity contribution in [3.63, 3.8) is 0 Å². The topological polar surface area (TPSA) is 58.4 Å². The highest BCUT2D eigenvalue weighted by atomic mass is 16.4. The molecular formula is C11H17N3O2. The number of aryl methyl sites for hydroxylation is 1. The SMILES string of the molecule is O=C(O)C1CCN(CCCn2ccnc2)C1. The molecule has 1 atom stereocenters. The number of imidazole rings is 1. The molecule has 1 aromatic rings. The van der Waals surface area contributed by atoms with Crippen LogP contribution in [0.25, 0.3) is 0 Å². The van der Waals surface area contributed by atoms with Crippen LogP contribution < -0.4 is 0 Å². The van der Waals surface area contributed by atoms with E-state index in [1.807, 2.05) is 17.1 Å². The molecule has 1 aliphatic rings. The second-order valence-electron chi connectivity index (χ2n) is 4.28. The molecule has 0 aliphatic carbocycles. The van der Waals surface area contributed by atoms with Crippen LogP contribution in [0.1, 0.15) is 12.8 Å². The molecule has 5 nitrogen and oxygen atoms in total. The van der Waals surface area contributed by atoms with Gasteiger partial charge in [0.05, 0.1) is 12.2 Å². The Morgan fingerprint density at radius 3 is 3.00 bits per heavy atom.